The third kappa shape index (κ3) is 5.05. The number of thioether (sulfide) groups is 1. The van der Waals surface area contributed by atoms with E-state index in [1.807, 2.05) is 56.3 Å². The van der Waals surface area contributed by atoms with Crippen LogP contribution in [0.15, 0.2) is 55.2 Å². The molecule has 1 aliphatic heterocycles. The molecule has 1 aliphatic rings. The number of halogens is 2. The van der Waals surface area contributed by atoms with Gasteiger partial charge in [0.2, 0.25) is 0 Å². The lowest BCUT2D eigenvalue weighted by atomic mass is 10.2. The van der Waals surface area contributed by atoms with Crippen molar-refractivity contribution in [1.29, 1.82) is 0 Å². The van der Waals surface area contributed by atoms with E-state index in [0.717, 1.165) is 31.7 Å². The summed E-state index contributed by atoms with van der Waals surface area (Å²) in [5.41, 5.74) is 1.66. The van der Waals surface area contributed by atoms with Gasteiger partial charge in [0.05, 0.1) is 33.3 Å². The maximum atomic E-state index is 12.9. The number of rotatable bonds is 6. The number of hydrogen-bond donors (Lipinski definition) is 0. The van der Waals surface area contributed by atoms with Crippen LogP contribution in [0.3, 0.4) is 0 Å². The van der Waals surface area contributed by atoms with Crippen LogP contribution in [0.2, 0.25) is 0 Å². The van der Waals surface area contributed by atoms with E-state index in [-0.39, 0.29) is 5.91 Å². The average Bonchev–Trinajstić information content (AvgIpc) is 2.99. The first-order chi connectivity index (χ1) is 14.0. The fourth-order valence-electron chi connectivity index (χ4n) is 2.73. The quantitative estimate of drug-likeness (QED) is 0.407. The minimum atomic E-state index is -0.0501. The van der Waals surface area contributed by atoms with Crippen LogP contribution in [0.5, 0.6) is 11.5 Å². The largest absolute Gasteiger partial charge is 0.497 e. The Morgan fingerprint density at radius 3 is 2.34 bits per heavy atom. The number of amides is 1. The number of aliphatic imine (C=N–C) groups is 1. The summed E-state index contributed by atoms with van der Waals surface area (Å²) in [4.78, 5) is 19.8. The summed E-state index contributed by atoms with van der Waals surface area (Å²) >= 11 is 8.44. The third-order valence-electron chi connectivity index (χ3n) is 4.11. The van der Waals surface area contributed by atoms with Crippen molar-refractivity contribution in [3.05, 3.63) is 55.8 Å². The molecule has 0 bridgehead atoms. The molecular weight excluding hydrogens is 520 g/mol. The van der Waals surface area contributed by atoms with E-state index in [4.69, 9.17) is 9.47 Å². The van der Waals surface area contributed by atoms with Crippen molar-refractivity contribution in [1.82, 2.24) is 4.90 Å². The fourth-order valence-corrected chi connectivity index (χ4v) is 5.25. The molecule has 0 N–H and O–H groups in total. The SMILES string of the molecule is CCOc1c(Br)cc(/C=C2/SC(=Nc3ccc(OC)cc3)N(CC)C2=O)cc1Br. The van der Waals surface area contributed by atoms with Crippen LogP contribution < -0.4 is 9.47 Å². The number of carbonyl (C=O) groups excluding carboxylic acids is 1. The van der Waals surface area contributed by atoms with E-state index < -0.39 is 0 Å². The second-order valence-electron chi connectivity index (χ2n) is 6.00. The normalized spacial score (nSPS) is 16.7. The van der Waals surface area contributed by atoms with Gasteiger partial charge in [0, 0.05) is 6.54 Å². The lowest BCUT2D eigenvalue weighted by Gasteiger charge is -2.12. The van der Waals surface area contributed by atoms with Crippen molar-refractivity contribution in [2.45, 2.75) is 13.8 Å². The highest BCUT2D eigenvalue weighted by Crippen LogP contribution is 2.38. The van der Waals surface area contributed by atoms with Gasteiger partial charge in [-0.2, -0.15) is 0 Å². The molecule has 0 aromatic heterocycles. The van der Waals surface area contributed by atoms with E-state index in [9.17, 15) is 4.79 Å². The fraction of sp³-hybridized carbons (Fsp3) is 0.238. The van der Waals surface area contributed by atoms with Gasteiger partial charge in [0.25, 0.3) is 5.91 Å². The molecule has 0 unspecified atom stereocenters. The van der Waals surface area contributed by atoms with Crippen LogP contribution in [0.4, 0.5) is 5.69 Å². The van der Waals surface area contributed by atoms with E-state index in [2.05, 4.69) is 36.9 Å². The summed E-state index contributed by atoms with van der Waals surface area (Å²) in [5, 5.41) is 0.665. The second-order valence-corrected chi connectivity index (χ2v) is 8.72. The van der Waals surface area contributed by atoms with Gasteiger partial charge in [-0.1, -0.05) is 0 Å². The van der Waals surface area contributed by atoms with Crippen LogP contribution in [0, 0.1) is 0 Å². The van der Waals surface area contributed by atoms with Gasteiger partial charge in [-0.25, -0.2) is 4.99 Å². The zero-order valence-electron chi connectivity index (χ0n) is 16.2. The molecule has 2 aromatic rings. The maximum Gasteiger partial charge on any atom is 0.266 e. The molecule has 152 valence electrons. The highest BCUT2D eigenvalue weighted by Gasteiger charge is 2.32. The summed E-state index contributed by atoms with van der Waals surface area (Å²) in [6.07, 6.45) is 1.87. The predicted octanol–water partition coefficient (Wildman–Crippen LogP) is 6.24. The Kier molecular flexibility index (Phi) is 7.43. The van der Waals surface area contributed by atoms with E-state index >= 15 is 0 Å². The Labute approximate surface area is 191 Å². The number of benzene rings is 2. The number of methoxy groups -OCH3 is 1. The monoisotopic (exact) mass is 538 g/mol. The predicted molar refractivity (Wildman–Crippen MR) is 126 cm³/mol. The average molecular weight is 540 g/mol. The van der Waals surface area contributed by atoms with E-state index in [1.165, 1.54) is 11.8 Å². The molecule has 0 spiro atoms. The molecule has 0 aliphatic carbocycles. The van der Waals surface area contributed by atoms with Gasteiger partial charge < -0.3 is 9.47 Å². The molecule has 0 atom stereocenters. The minimum Gasteiger partial charge on any atom is -0.497 e. The Hall–Kier alpha value is -1.77. The van der Waals surface area contributed by atoms with Gasteiger partial charge in [-0.05, 0) is 106 Å². The molecule has 29 heavy (non-hydrogen) atoms. The van der Waals surface area contributed by atoms with E-state index in [0.29, 0.717) is 23.2 Å². The van der Waals surface area contributed by atoms with Gasteiger partial charge in [-0.15, -0.1) is 0 Å². The first-order valence-electron chi connectivity index (χ1n) is 9.02. The van der Waals surface area contributed by atoms with Crippen molar-refractivity contribution < 1.29 is 14.3 Å². The summed E-state index contributed by atoms with van der Waals surface area (Å²) in [5.74, 6) is 1.46. The highest BCUT2D eigenvalue weighted by atomic mass is 79.9. The van der Waals surface area contributed by atoms with Crippen molar-refractivity contribution in [2.24, 2.45) is 4.99 Å². The number of likely N-dealkylation sites (N-methyl/N-ethyl adjacent to an activating group) is 1. The summed E-state index contributed by atoms with van der Waals surface area (Å²) < 4.78 is 12.5. The highest BCUT2D eigenvalue weighted by molar-refractivity contribution is 9.11. The van der Waals surface area contributed by atoms with Crippen LogP contribution in [0.1, 0.15) is 19.4 Å². The van der Waals surface area contributed by atoms with Crippen LogP contribution in [-0.4, -0.2) is 36.2 Å². The number of hydrogen-bond acceptors (Lipinski definition) is 5. The Morgan fingerprint density at radius 1 is 1.14 bits per heavy atom. The molecule has 8 heteroatoms. The molecule has 1 saturated heterocycles. The van der Waals surface area contributed by atoms with Crippen molar-refractivity contribution in [3.8, 4) is 11.5 Å². The maximum absolute atomic E-state index is 12.9. The van der Waals surface area contributed by atoms with E-state index in [1.54, 1.807) is 12.0 Å². The van der Waals surface area contributed by atoms with Crippen LogP contribution in [-0.2, 0) is 4.79 Å². The number of carbonyl (C=O) groups is 1. The van der Waals surface area contributed by atoms with Crippen LogP contribution >= 0.6 is 43.6 Å². The molecule has 3 rings (SSSR count). The first-order valence-corrected chi connectivity index (χ1v) is 11.4. The zero-order valence-corrected chi connectivity index (χ0v) is 20.2. The molecule has 1 fully saturated rings. The summed E-state index contributed by atoms with van der Waals surface area (Å²) in [6, 6.07) is 11.3. The minimum absolute atomic E-state index is 0.0501. The van der Waals surface area contributed by atoms with Crippen molar-refractivity contribution >= 4 is 66.5 Å². The summed E-state index contributed by atoms with van der Waals surface area (Å²) in [7, 11) is 1.62. The zero-order chi connectivity index (χ0) is 21.0. The Morgan fingerprint density at radius 2 is 1.79 bits per heavy atom. The van der Waals surface area contributed by atoms with Gasteiger partial charge in [0.1, 0.15) is 11.5 Å². The molecule has 2 aromatic carbocycles. The van der Waals surface area contributed by atoms with Crippen molar-refractivity contribution in [3.63, 3.8) is 0 Å². The molecule has 1 heterocycles. The molecule has 0 saturated carbocycles. The number of nitrogens with zero attached hydrogens (tertiary/aromatic N) is 2. The number of amidine groups is 1. The number of ether oxygens (including phenoxy) is 2. The first kappa shape index (κ1) is 21.9. The van der Waals surface area contributed by atoms with Gasteiger partial charge in [-0.3, -0.25) is 9.69 Å². The molecular formula is C21H20Br2N2O3S. The van der Waals surface area contributed by atoms with Crippen LogP contribution in [0.25, 0.3) is 6.08 Å². The third-order valence-corrected chi connectivity index (χ3v) is 6.29. The van der Waals surface area contributed by atoms with Gasteiger partial charge >= 0.3 is 0 Å². The molecule has 0 radical (unpaired) electrons. The lowest BCUT2D eigenvalue weighted by molar-refractivity contribution is -0.122. The topological polar surface area (TPSA) is 51.1 Å². The molecule has 1 amide bonds. The molecule has 5 nitrogen and oxygen atoms in total. The lowest BCUT2D eigenvalue weighted by Crippen LogP contribution is -2.28. The smallest absolute Gasteiger partial charge is 0.266 e. The van der Waals surface area contributed by atoms with Crippen molar-refractivity contribution in [2.75, 3.05) is 20.3 Å². The van der Waals surface area contributed by atoms with Gasteiger partial charge in [0.15, 0.2) is 5.17 Å². The Balaban J connectivity index is 1.91. The Bertz CT molecular complexity index is 951. The summed E-state index contributed by atoms with van der Waals surface area (Å²) in [6.45, 7) is 5.00. The second kappa shape index (κ2) is 9.82. The standard InChI is InChI=1S/C21H20Br2N2O3S/c1-4-25-20(26)18(12-13-10-16(22)19(28-5-2)17(23)11-13)29-21(25)24-14-6-8-15(27-3)9-7-14/h6-12H,4-5H2,1-3H3/b18-12+,24-21?.